The van der Waals surface area contributed by atoms with E-state index in [9.17, 15) is 30.6 Å². The average Bonchev–Trinajstić information content (AvgIpc) is 0.776. The van der Waals surface area contributed by atoms with Gasteiger partial charge in [0.15, 0.2) is 34.5 Å². The molecule has 18 heteroatoms. The van der Waals surface area contributed by atoms with E-state index in [-0.39, 0.29) is 34.5 Å². The first-order chi connectivity index (χ1) is 71.9. The summed E-state index contributed by atoms with van der Waals surface area (Å²) < 4.78 is 40.5. The van der Waals surface area contributed by atoms with Crippen molar-refractivity contribution in [2.45, 2.75) is 427 Å². The number of aliphatic imine (C=N–C) groups is 6. The van der Waals surface area contributed by atoms with Crippen molar-refractivity contribution in [3.8, 4) is 69.0 Å². The molecule has 0 atom stereocenters. The first-order valence-corrected chi connectivity index (χ1v) is 57.9. The molecular weight excluding hydrogens is 1810 g/mol. The number of hydrogen-bond donors (Lipinski definition) is 6. The molecule has 0 bridgehead atoms. The number of phenols is 6. The van der Waals surface area contributed by atoms with Gasteiger partial charge in [-0.3, -0.25) is 30.0 Å². The van der Waals surface area contributed by atoms with E-state index in [0.29, 0.717) is 163 Å². The van der Waals surface area contributed by atoms with E-state index < -0.39 is 0 Å². The molecule has 0 saturated heterocycles. The third-order valence-electron chi connectivity index (χ3n) is 28.0. The minimum atomic E-state index is -0.0685. The van der Waals surface area contributed by atoms with Crippen molar-refractivity contribution in [1.82, 2.24) is 0 Å². The molecule has 18 nitrogen and oxygen atoms in total. The summed E-state index contributed by atoms with van der Waals surface area (Å²) >= 11 is 0. The Hall–Kier alpha value is -10.9. The number of fused-ring (bicyclic) bond motifs is 2. The zero-order valence-electron chi connectivity index (χ0n) is 90.7. The third kappa shape index (κ3) is 45.0. The topological polar surface area (TPSA) is 251 Å². The quantitative estimate of drug-likeness (QED) is 0.0154. The molecule has 0 aliphatic heterocycles. The summed E-state index contributed by atoms with van der Waals surface area (Å²) in [7, 11) is 0. The highest BCUT2D eigenvalue weighted by atomic mass is 16.5. The van der Waals surface area contributed by atoms with Crippen molar-refractivity contribution in [3.63, 3.8) is 0 Å². The van der Waals surface area contributed by atoms with E-state index in [1.807, 2.05) is 48.5 Å². The van der Waals surface area contributed by atoms with Gasteiger partial charge in [-0.05, 0) is 133 Å². The molecule has 0 fully saturated rings. The van der Waals surface area contributed by atoms with E-state index in [4.69, 9.17) is 58.4 Å². The first-order valence-electron chi connectivity index (χ1n) is 57.9. The first kappa shape index (κ1) is 119. The lowest BCUT2D eigenvalue weighted by Gasteiger charge is -2.16. The van der Waals surface area contributed by atoms with Crippen LogP contribution in [0.2, 0.25) is 0 Å². The van der Waals surface area contributed by atoms with E-state index >= 15 is 0 Å². The van der Waals surface area contributed by atoms with Crippen LogP contribution in [0.3, 0.4) is 0 Å². The van der Waals surface area contributed by atoms with Crippen LogP contribution in [-0.2, 0) is 0 Å². The SMILES string of the molecule is CCCCCCCCCCCCOc1cc(N=Cc2ccccc2O)c(N=Cc2c(O)ccc3c(C=Nc4cc(OCCCCCCCCCCCC)c(OCCCCCCCCCCCC)cc4N=Cc4c(O)ccc5c(C=Nc6cc(OCCCCCCCCCCCC)c(OCCCCCCCCCCCC)cc6N=Cc6ccccc6O)c(O)ccc45)c(O)ccc23)cc1OCCCCCCCCCCCC. The van der Waals surface area contributed by atoms with Crippen LogP contribution in [0.25, 0.3) is 21.5 Å². The Morgan fingerprint density at radius 1 is 0.171 bits per heavy atom. The summed E-state index contributed by atoms with van der Waals surface area (Å²) in [5, 5.41) is 73.0. The van der Waals surface area contributed by atoms with E-state index in [0.717, 1.165) is 116 Å². The Morgan fingerprint density at radius 2 is 0.322 bits per heavy atom. The zero-order valence-corrected chi connectivity index (χ0v) is 90.7. The summed E-state index contributed by atoms with van der Waals surface area (Å²) in [5.74, 6) is 3.09. The van der Waals surface area contributed by atoms with Gasteiger partial charge in [0.25, 0.3) is 0 Å². The van der Waals surface area contributed by atoms with E-state index in [1.54, 1.807) is 122 Å². The minimum Gasteiger partial charge on any atom is -0.507 e. The van der Waals surface area contributed by atoms with Gasteiger partial charge >= 0.3 is 0 Å². The molecule has 0 radical (unpaired) electrons. The van der Waals surface area contributed by atoms with Crippen LogP contribution < -0.4 is 28.4 Å². The molecule has 146 heavy (non-hydrogen) atoms. The Labute approximate surface area is 878 Å². The van der Waals surface area contributed by atoms with Gasteiger partial charge in [-0.15, -0.1) is 0 Å². The lowest BCUT2D eigenvalue weighted by atomic mass is 9.99. The molecule has 0 saturated carbocycles. The van der Waals surface area contributed by atoms with Crippen molar-refractivity contribution in [2.24, 2.45) is 30.0 Å². The summed E-state index contributed by atoms with van der Waals surface area (Å²) in [6.45, 7) is 16.4. The number of phenolic OH excluding ortho intramolecular Hbond substituents is 6. The Kier molecular flexibility index (Phi) is 60.2. The maximum atomic E-state index is 12.2. The second kappa shape index (κ2) is 74.1. The van der Waals surface area contributed by atoms with Crippen LogP contribution in [-0.4, -0.2) is 108 Å². The predicted molar refractivity (Wildman–Crippen MR) is 618 cm³/mol. The van der Waals surface area contributed by atoms with Gasteiger partial charge in [0, 0.05) is 107 Å². The smallest absolute Gasteiger partial charge is 0.163 e. The van der Waals surface area contributed by atoms with Crippen molar-refractivity contribution in [3.05, 3.63) is 167 Å². The van der Waals surface area contributed by atoms with Crippen LogP contribution in [0.1, 0.15) is 460 Å². The number of benzene rings is 9. The molecule has 9 aromatic carbocycles. The molecule has 0 aromatic heterocycles. The molecule has 9 aromatic rings. The third-order valence-corrected chi connectivity index (χ3v) is 28.0. The Bertz CT molecular complexity index is 4980. The highest BCUT2D eigenvalue weighted by Gasteiger charge is 2.22. The van der Waals surface area contributed by atoms with E-state index in [2.05, 4.69) is 41.5 Å². The average molecular weight is 2000 g/mol. The number of nitrogens with zero attached hydrogens (tertiary/aromatic N) is 6. The molecule has 6 N–H and O–H groups in total. The minimum absolute atomic E-state index is 0.0522. The van der Waals surface area contributed by atoms with Gasteiger partial charge in [0.1, 0.15) is 34.5 Å². The number of aromatic hydroxyl groups is 6. The lowest BCUT2D eigenvalue weighted by Crippen LogP contribution is -2.03. The van der Waals surface area contributed by atoms with Crippen molar-refractivity contribution < 1.29 is 59.1 Å². The van der Waals surface area contributed by atoms with Gasteiger partial charge in [0.2, 0.25) is 0 Å². The fourth-order valence-corrected chi connectivity index (χ4v) is 19.0. The predicted octanol–water partition coefficient (Wildman–Crippen LogP) is 38.5. The summed E-state index contributed by atoms with van der Waals surface area (Å²) in [6.07, 6.45) is 81.1. The molecule has 0 aliphatic carbocycles. The van der Waals surface area contributed by atoms with Gasteiger partial charge in [-0.2, -0.15) is 0 Å². The standard InChI is InChI=1S/C128H184N6O12/c1-7-13-19-25-31-37-43-49-55-65-83-141-123-89-111(129-95-101-71-61-63-73-117(101)135)113(91-125(123)143-85-67-57-51-45-39-33-27-21-15-9-3)131-97-107-103-75-81-121(139)109(105(103)77-79-119(107)137)99-133-115-93-127(145-87-69-59-53-47-41-35-29-23-17-11-5)128(146-88-70-60-54-48-42-36-30-24-18-12-6)94-116(115)134-100-110-106-78-80-120(138)108(104(106)76-82-122(110)140)98-132-114-92-126(144-86-68-58-52-46-40-34-28-22-16-10-4)124(90-112(114)130-96-102-72-62-64-74-118(102)136)142-84-66-56-50-44-38-32-26-20-14-8-2/h61-64,71-82,89-100,135-140H,7-60,65-70,83-88H2,1-6H3. The fourth-order valence-electron chi connectivity index (χ4n) is 19.0. The van der Waals surface area contributed by atoms with Crippen molar-refractivity contribution in [2.75, 3.05) is 39.6 Å². The maximum Gasteiger partial charge on any atom is 0.163 e. The number of para-hydroxylation sites is 2. The largest absolute Gasteiger partial charge is 0.507 e. The second-order valence-electron chi connectivity index (χ2n) is 40.4. The zero-order chi connectivity index (χ0) is 103. The number of hydrogen-bond acceptors (Lipinski definition) is 18. The lowest BCUT2D eigenvalue weighted by molar-refractivity contribution is 0.258. The molecule has 0 amide bonds. The van der Waals surface area contributed by atoms with Crippen LogP contribution in [0.4, 0.5) is 34.1 Å². The number of ether oxygens (including phenoxy) is 6. The fraction of sp³-hybridized carbons (Fsp3) is 0.562. The van der Waals surface area contributed by atoms with Crippen LogP contribution in [0.5, 0.6) is 69.0 Å². The molecule has 798 valence electrons. The molecule has 9 rings (SSSR count). The summed E-state index contributed by atoms with van der Waals surface area (Å²) in [5.41, 5.74) is 5.03. The van der Waals surface area contributed by atoms with Gasteiger partial charge in [0.05, 0.1) is 73.8 Å². The Balaban J connectivity index is 1.10. The van der Waals surface area contributed by atoms with Crippen LogP contribution >= 0.6 is 0 Å². The molecular formula is C128H184N6O12. The van der Waals surface area contributed by atoms with Crippen LogP contribution in [0, 0.1) is 0 Å². The molecule has 0 spiro atoms. The molecule has 0 unspecified atom stereocenters. The van der Waals surface area contributed by atoms with Crippen molar-refractivity contribution in [1.29, 1.82) is 0 Å². The summed E-state index contributed by atoms with van der Waals surface area (Å²) in [4.78, 5) is 30.9. The van der Waals surface area contributed by atoms with Crippen LogP contribution in [0.15, 0.2) is 163 Å². The maximum absolute atomic E-state index is 12.2. The normalized spacial score (nSPS) is 11.9. The molecule has 0 aliphatic rings. The van der Waals surface area contributed by atoms with Gasteiger partial charge < -0.3 is 59.1 Å². The Morgan fingerprint density at radius 3 is 0.486 bits per heavy atom. The molecule has 0 heterocycles. The second-order valence-corrected chi connectivity index (χ2v) is 40.4. The van der Waals surface area contributed by atoms with Gasteiger partial charge in [-0.25, -0.2) is 0 Å². The highest BCUT2D eigenvalue weighted by molar-refractivity contribution is 6.12. The summed E-state index contributed by atoms with van der Waals surface area (Å²) in [6, 6.07) is 38.7. The number of unbranched alkanes of at least 4 members (excludes halogenated alkanes) is 54. The number of rotatable bonds is 84. The van der Waals surface area contributed by atoms with Crippen molar-refractivity contribution >= 4 is 93.0 Å². The monoisotopic (exact) mass is 2000 g/mol. The van der Waals surface area contributed by atoms with E-state index in [1.165, 1.54) is 270 Å². The van der Waals surface area contributed by atoms with Gasteiger partial charge in [-0.1, -0.05) is 413 Å². The highest BCUT2D eigenvalue weighted by Crippen LogP contribution is 2.47.